The topological polar surface area (TPSA) is 181 Å². The number of hydrazone groups is 1. The first-order chi connectivity index (χ1) is 23.4. The third-order valence-corrected chi connectivity index (χ3v) is 7.32. The summed E-state index contributed by atoms with van der Waals surface area (Å²) in [4.78, 5) is 47.0. The number of aryl methyl sites for hydroxylation is 4. The Hall–Kier alpha value is -6.27. The Morgan fingerprint density at radius 1 is 0.633 bits per heavy atom. The second-order valence-electron chi connectivity index (χ2n) is 10.6. The zero-order valence-electron chi connectivity index (χ0n) is 28.2. The SMILES string of the molecule is CC.Cc1ccc(C)n1-c1cc(C(=O)N/N=C/c2ccccc2)ccc1C(=O)O.Cc1ccc(C)n1-c1cc(C(=O)NN)ccc1C(=O)O. The molecule has 0 unspecified atom stereocenters. The molecule has 12 nitrogen and oxygen atoms in total. The molecule has 2 amide bonds. The van der Waals surface area contributed by atoms with Crippen LogP contribution in [0.1, 0.15) is 83.6 Å². The Kier molecular flexibility index (Phi) is 12.9. The molecule has 6 N–H and O–H groups in total. The summed E-state index contributed by atoms with van der Waals surface area (Å²) in [6.45, 7) is 11.5. The molecule has 0 spiro atoms. The average molecular weight is 665 g/mol. The van der Waals surface area contributed by atoms with Gasteiger partial charge in [-0.2, -0.15) is 5.10 Å². The fourth-order valence-electron chi connectivity index (χ4n) is 5.03. The molecule has 0 aliphatic rings. The Morgan fingerprint density at radius 2 is 1.04 bits per heavy atom. The van der Waals surface area contributed by atoms with Gasteiger partial charge >= 0.3 is 11.9 Å². The third-order valence-electron chi connectivity index (χ3n) is 7.32. The van der Waals surface area contributed by atoms with Gasteiger partial charge in [-0.3, -0.25) is 15.0 Å². The number of aromatic carboxylic acids is 2. The molecule has 12 heteroatoms. The highest BCUT2D eigenvalue weighted by Crippen LogP contribution is 2.23. The summed E-state index contributed by atoms with van der Waals surface area (Å²) in [6, 6.07) is 25.8. The predicted octanol–water partition coefficient (Wildman–Crippen LogP) is 5.98. The van der Waals surface area contributed by atoms with Gasteiger partial charge in [-0.15, -0.1) is 0 Å². The predicted molar refractivity (Wildman–Crippen MR) is 189 cm³/mol. The summed E-state index contributed by atoms with van der Waals surface area (Å²) >= 11 is 0. The maximum atomic E-state index is 12.4. The van der Waals surface area contributed by atoms with Crippen LogP contribution >= 0.6 is 0 Å². The van der Waals surface area contributed by atoms with E-state index in [4.69, 9.17) is 5.84 Å². The highest BCUT2D eigenvalue weighted by Gasteiger charge is 2.18. The molecule has 0 aliphatic heterocycles. The maximum absolute atomic E-state index is 12.4. The van der Waals surface area contributed by atoms with Crippen molar-refractivity contribution in [3.05, 3.63) is 142 Å². The van der Waals surface area contributed by atoms with E-state index in [1.165, 1.54) is 30.3 Å². The Balaban J connectivity index is 0.000000263. The minimum absolute atomic E-state index is 0.126. The highest BCUT2D eigenvalue weighted by atomic mass is 16.4. The molecule has 0 saturated heterocycles. The van der Waals surface area contributed by atoms with Crippen molar-refractivity contribution < 1.29 is 29.4 Å². The second-order valence-corrected chi connectivity index (χ2v) is 10.6. The molecule has 2 heterocycles. The lowest BCUT2D eigenvalue weighted by molar-refractivity contribution is 0.0686. The van der Waals surface area contributed by atoms with Crippen molar-refractivity contribution >= 4 is 30.0 Å². The molecule has 0 atom stereocenters. The van der Waals surface area contributed by atoms with E-state index < -0.39 is 23.8 Å². The number of nitrogens with two attached hydrogens (primary N) is 1. The van der Waals surface area contributed by atoms with Crippen LogP contribution in [0, 0.1) is 27.7 Å². The van der Waals surface area contributed by atoms with Crippen molar-refractivity contribution in [2.45, 2.75) is 41.5 Å². The van der Waals surface area contributed by atoms with Crippen molar-refractivity contribution in [2.75, 3.05) is 0 Å². The molecule has 3 aromatic carbocycles. The van der Waals surface area contributed by atoms with Gasteiger partial charge in [0, 0.05) is 33.9 Å². The molecule has 49 heavy (non-hydrogen) atoms. The fraction of sp³-hybridized carbons (Fsp3) is 0.162. The molecule has 0 saturated carbocycles. The van der Waals surface area contributed by atoms with Crippen LogP contribution in [0.4, 0.5) is 0 Å². The summed E-state index contributed by atoms with van der Waals surface area (Å²) in [5.41, 5.74) is 10.7. The number of amides is 2. The highest BCUT2D eigenvalue weighted by molar-refractivity contribution is 5.99. The number of hydrogen-bond donors (Lipinski definition) is 5. The van der Waals surface area contributed by atoms with Crippen LogP contribution < -0.4 is 16.7 Å². The number of hydrazine groups is 1. The summed E-state index contributed by atoms with van der Waals surface area (Å²) in [5.74, 6) is 2.13. The van der Waals surface area contributed by atoms with Gasteiger partial charge in [0.2, 0.25) is 0 Å². The number of nitrogens with zero attached hydrogens (tertiary/aromatic N) is 3. The minimum atomic E-state index is -1.05. The quantitative estimate of drug-likeness (QED) is 0.0585. The van der Waals surface area contributed by atoms with E-state index in [1.54, 1.807) is 16.8 Å². The third kappa shape index (κ3) is 8.96. The van der Waals surface area contributed by atoms with Gasteiger partial charge in [0.15, 0.2) is 0 Å². The Bertz CT molecular complexity index is 1950. The van der Waals surface area contributed by atoms with E-state index in [0.717, 1.165) is 28.3 Å². The zero-order chi connectivity index (χ0) is 36.2. The fourth-order valence-corrected chi connectivity index (χ4v) is 5.03. The summed E-state index contributed by atoms with van der Waals surface area (Å²) in [7, 11) is 0. The van der Waals surface area contributed by atoms with Crippen LogP contribution in [-0.4, -0.2) is 49.3 Å². The first kappa shape index (κ1) is 37.2. The average Bonchev–Trinajstić information content (AvgIpc) is 3.63. The Morgan fingerprint density at radius 3 is 1.43 bits per heavy atom. The van der Waals surface area contributed by atoms with Crippen LogP contribution in [0.25, 0.3) is 11.4 Å². The lowest BCUT2D eigenvalue weighted by atomic mass is 10.1. The largest absolute Gasteiger partial charge is 0.478 e. The summed E-state index contributed by atoms with van der Waals surface area (Å²) in [5, 5.41) is 22.8. The second kappa shape index (κ2) is 17.0. The number of carboxylic acids is 2. The van der Waals surface area contributed by atoms with E-state index in [9.17, 15) is 29.4 Å². The molecule has 0 radical (unpaired) electrons. The van der Waals surface area contributed by atoms with Crippen molar-refractivity contribution in [3.8, 4) is 11.4 Å². The molecular formula is C37H40N6O6. The number of carboxylic acid groups (broad SMARTS) is 2. The number of nitrogen functional groups attached to an aromatic ring is 1. The number of carbonyl (C=O) groups excluding carboxylic acids is 2. The van der Waals surface area contributed by atoms with Gasteiger partial charge in [-0.25, -0.2) is 20.9 Å². The molecule has 0 fully saturated rings. The maximum Gasteiger partial charge on any atom is 0.337 e. The Labute approximate surface area is 284 Å². The van der Waals surface area contributed by atoms with Crippen molar-refractivity contribution in [2.24, 2.45) is 10.9 Å². The summed E-state index contributed by atoms with van der Waals surface area (Å²) in [6.07, 6.45) is 1.55. The number of hydrogen-bond acceptors (Lipinski definition) is 6. The molecule has 254 valence electrons. The van der Waals surface area contributed by atoms with Crippen molar-refractivity contribution in [3.63, 3.8) is 0 Å². The first-order valence-corrected chi connectivity index (χ1v) is 15.4. The van der Waals surface area contributed by atoms with Gasteiger partial charge in [0.25, 0.3) is 11.8 Å². The smallest absolute Gasteiger partial charge is 0.337 e. The first-order valence-electron chi connectivity index (χ1n) is 15.4. The zero-order valence-corrected chi connectivity index (χ0v) is 28.2. The summed E-state index contributed by atoms with van der Waals surface area (Å²) < 4.78 is 3.60. The molecule has 5 aromatic rings. The number of carbonyl (C=O) groups is 4. The number of aromatic nitrogens is 2. The van der Waals surface area contributed by atoms with Crippen LogP contribution in [0.3, 0.4) is 0 Å². The van der Waals surface area contributed by atoms with Gasteiger partial charge in [0.1, 0.15) is 0 Å². The lowest BCUT2D eigenvalue weighted by Gasteiger charge is -2.14. The van der Waals surface area contributed by atoms with Gasteiger partial charge in [0.05, 0.1) is 28.7 Å². The molecule has 0 aliphatic carbocycles. The van der Waals surface area contributed by atoms with Gasteiger partial charge in [-0.1, -0.05) is 44.2 Å². The van der Waals surface area contributed by atoms with E-state index in [2.05, 4.69) is 10.5 Å². The lowest BCUT2D eigenvalue weighted by Crippen LogP contribution is -2.30. The minimum Gasteiger partial charge on any atom is -0.478 e. The van der Waals surface area contributed by atoms with Crippen molar-refractivity contribution in [1.82, 2.24) is 20.0 Å². The molecule has 2 aromatic heterocycles. The number of nitrogens with one attached hydrogen (secondary N) is 2. The van der Waals surface area contributed by atoms with E-state index in [1.807, 2.05) is 106 Å². The van der Waals surface area contributed by atoms with E-state index in [-0.39, 0.29) is 11.1 Å². The molecule has 5 rings (SSSR count). The van der Waals surface area contributed by atoms with Crippen LogP contribution in [-0.2, 0) is 0 Å². The van der Waals surface area contributed by atoms with Gasteiger partial charge in [-0.05, 0) is 93.9 Å². The molecular weight excluding hydrogens is 624 g/mol. The van der Waals surface area contributed by atoms with E-state index >= 15 is 0 Å². The van der Waals surface area contributed by atoms with Gasteiger partial charge < -0.3 is 19.3 Å². The van der Waals surface area contributed by atoms with Crippen LogP contribution in [0.15, 0.2) is 96.1 Å². The standard InChI is InChI=1S/C21H19N3O3.C14H15N3O3.C2H6/c1-14-8-9-15(2)24(14)19-12-17(10-11-18(19)21(26)27)20(25)23-22-13-16-6-4-3-5-7-16;1-8-3-4-9(2)17(8)12-7-10(13(18)16-15)5-6-11(12)14(19)20;1-2/h3-13H,1-2H3,(H,23,25)(H,26,27);3-7H,15H2,1-2H3,(H,16,18)(H,19,20);1-2H3/b22-13+;;. The van der Waals surface area contributed by atoms with Crippen LogP contribution in [0.2, 0.25) is 0 Å². The number of rotatable bonds is 8. The van der Waals surface area contributed by atoms with E-state index in [0.29, 0.717) is 22.5 Å². The van der Waals surface area contributed by atoms with Crippen molar-refractivity contribution in [1.29, 1.82) is 0 Å². The van der Waals surface area contributed by atoms with Crippen LogP contribution in [0.5, 0.6) is 0 Å². The number of benzene rings is 3. The normalized spacial score (nSPS) is 10.3. The monoisotopic (exact) mass is 664 g/mol. The molecule has 0 bridgehead atoms.